The van der Waals surface area contributed by atoms with Gasteiger partial charge in [-0.2, -0.15) is 5.48 Å². The number of nitrogens with zero attached hydrogens (tertiary/aromatic N) is 3. The van der Waals surface area contributed by atoms with Crippen LogP contribution in [0.15, 0.2) is 62.7 Å². The Morgan fingerprint density at radius 2 is 1.80 bits per heavy atom. The lowest BCUT2D eigenvalue weighted by Crippen LogP contribution is -2.34. The standard InChI is InChI=1S/C38H42FN5O6/c1-38(2,3)48-21-49-41-22-12-15-43(19-22)33-29(39)16-27-32-36(33)50-31-18-26-25(23-10-6-7-11-24(23)34(26)45)17-30(31)44(32)20-28(35(27)46)37(47)40-13-8-9-14-42(4)5/h6-7,10-11,16-18,20,22,41H,8-9,12-15,19,21H2,1-5H3,(H,40,47)/t22-/m0/s1. The van der Waals surface area contributed by atoms with Crippen molar-refractivity contribution in [3.63, 3.8) is 0 Å². The van der Waals surface area contributed by atoms with Gasteiger partial charge in [-0.3, -0.25) is 19.2 Å². The van der Waals surface area contributed by atoms with E-state index in [0.717, 1.165) is 30.2 Å². The minimum Gasteiger partial charge on any atom is -0.451 e. The van der Waals surface area contributed by atoms with E-state index >= 15 is 4.39 Å². The van der Waals surface area contributed by atoms with Gasteiger partial charge in [0.2, 0.25) is 5.43 Å². The summed E-state index contributed by atoms with van der Waals surface area (Å²) in [4.78, 5) is 50.4. The molecule has 7 rings (SSSR count). The van der Waals surface area contributed by atoms with Crippen molar-refractivity contribution < 1.29 is 23.2 Å². The number of pyridine rings is 1. The summed E-state index contributed by atoms with van der Waals surface area (Å²) in [6.07, 6.45) is 3.79. The minimum atomic E-state index is -0.650. The number of hydrogen-bond acceptors (Lipinski definition) is 9. The van der Waals surface area contributed by atoms with Crippen molar-refractivity contribution in [1.29, 1.82) is 0 Å². The molecule has 50 heavy (non-hydrogen) atoms. The molecule has 2 N–H and O–H groups in total. The van der Waals surface area contributed by atoms with Crippen molar-refractivity contribution in [3.05, 3.63) is 80.5 Å². The first-order valence-electron chi connectivity index (χ1n) is 17.0. The van der Waals surface area contributed by atoms with Crippen LogP contribution in [0.25, 0.3) is 49.1 Å². The van der Waals surface area contributed by atoms with E-state index in [1.165, 1.54) is 12.3 Å². The number of anilines is 1. The smallest absolute Gasteiger partial charge is 0.256 e. The first-order chi connectivity index (χ1) is 23.9. The number of fused-ring (bicyclic) bond motifs is 5. The van der Waals surface area contributed by atoms with E-state index in [2.05, 4.69) is 15.7 Å². The predicted octanol–water partition coefficient (Wildman–Crippen LogP) is 5.39. The van der Waals surface area contributed by atoms with Gasteiger partial charge in [0.15, 0.2) is 29.2 Å². The number of carbonyl (C=O) groups excluding carboxylic acids is 1. The molecule has 3 heterocycles. The van der Waals surface area contributed by atoms with Gasteiger partial charge in [0.05, 0.1) is 22.5 Å². The molecule has 0 saturated carbocycles. The fourth-order valence-electron chi connectivity index (χ4n) is 6.85. The third-order valence-electron chi connectivity index (χ3n) is 9.32. The van der Waals surface area contributed by atoms with Crippen LogP contribution < -0.4 is 26.6 Å². The lowest BCUT2D eigenvalue weighted by molar-refractivity contribution is -0.156. The molecule has 1 amide bonds. The predicted molar refractivity (Wildman–Crippen MR) is 194 cm³/mol. The Balaban J connectivity index is 1.36. The third-order valence-corrected chi connectivity index (χ3v) is 9.32. The van der Waals surface area contributed by atoms with Crippen molar-refractivity contribution in [3.8, 4) is 0 Å². The number of amides is 1. The molecule has 1 saturated heterocycles. The fraction of sp³-hybridized carbons (Fsp3) is 0.395. The monoisotopic (exact) mass is 683 g/mol. The van der Waals surface area contributed by atoms with Gasteiger partial charge < -0.3 is 28.7 Å². The van der Waals surface area contributed by atoms with E-state index in [1.54, 1.807) is 16.5 Å². The van der Waals surface area contributed by atoms with Crippen LogP contribution in [-0.4, -0.2) is 73.9 Å². The summed E-state index contributed by atoms with van der Waals surface area (Å²) in [6.45, 7) is 8.03. The van der Waals surface area contributed by atoms with E-state index in [0.29, 0.717) is 53.4 Å². The molecular formula is C38H42FN5O6. The molecule has 0 spiro atoms. The number of unbranched alkanes of at least 4 members (excludes halogenated alkanes) is 1. The SMILES string of the molecule is CN(C)CCCCNC(=O)c1cn2c3cc4c(cc3oc3c(N5CC[C@H](NOCOC(C)(C)C)C5)c(F)cc(c1=O)c32)c(=O)c1ccccc14. The molecule has 0 aliphatic carbocycles. The Morgan fingerprint density at radius 3 is 2.56 bits per heavy atom. The molecule has 1 aliphatic heterocycles. The molecule has 11 nitrogen and oxygen atoms in total. The second kappa shape index (κ2) is 13.3. The van der Waals surface area contributed by atoms with Crippen LogP contribution >= 0.6 is 0 Å². The molecule has 4 aromatic carbocycles. The number of rotatable bonds is 11. The maximum absolute atomic E-state index is 16.3. The molecule has 6 aromatic rings. The average Bonchev–Trinajstić information content (AvgIpc) is 3.64. The molecule has 2 aromatic heterocycles. The van der Waals surface area contributed by atoms with Crippen LogP contribution in [0.3, 0.4) is 0 Å². The van der Waals surface area contributed by atoms with Gasteiger partial charge in [-0.25, -0.2) is 4.39 Å². The highest BCUT2D eigenvalue weighted by Gasteiger charge is 2.30. The largest absolute Gasteiger partial charge is 0.451 e. The molecule has 1 fully saturated rings. The Labute approximate surface area is 287 Å². The van der Waals surface area contributed by atoms with Gasteiger partial charge in [-0.05, 0) is 89.6 Å². The number of halogens is 1. The van der Waals surface area contributed by atoms with Crippen LogP contribution in [0, 0.1) is 5.82 Å². The highest BCUT2D eigenvalue weighted by molar-refractivity contribution is 6.15. The summed E-state index contributed by atoms with van der Waals surface area (Å²) >= 11 is 0. The Hall–Kier alpha value is -4.62. The van der Waals surface area contributed by atoms with Gasteiger partial charge in [0.25, 0.3) is 5.91 Å². The quantitative estimate of drug-likeness (QED) is 0.0610. The van der Waals surface area contributed by atoms with Gasteiger partial charge in [-0.15, -0.1) is 0 Å². The van der Waals surface area contributed by atoms with Crippen molar-refractivity contribution in [2.24, 2.45) is 0 Å². The van der Waals surface area contributed by atoms with E-state index in [9.17, 15) is 14.4 Å². The van der Waals surface area contributed by atoms with Crippen LogP contribution in [0.5, 0.6) is 0 Å². The first kappa shape index (κ1) is 33.9. The lowest BCUT2D eigenvalue weighted by atomic mass is 10.1. The van der Waals surface area contributed by atoms with E-state index in [-0.39, 0.29) is 46.1 Å². The van der Waals surface area contributed by atoms with Crippen LogP contribution in [0.4, 0.5) is 10.1 Å². The van der Waals surface area contributed by atoms with Crippen molar-refractivity contribution in [2.75, 3.05) is 52.0 Å². The van der Waals surface area contributed by atoms with Crippen molar-refractivity contribution in [1.82, 2.24) is 20.1 Å². The Morgan fingerprint density at radius 1 is 1.02 bits per heavy atom. The number of benzene rings is 3. The first-order valence-corrected chi connectivity index (χ1v) is 17.0. The number of hydroxylamine groups is 1. The van der Waals surface area contributed by atoms with E-state index in [4.69, 9.17) is 14.0 Å². The number of ether oxygens (including phenoxy) is 1. The maximum atomic E-state index is 16.3. The zero-order chi connectivity index (χ0) is 35.3. The van der Waals surface area contributed by atoms with Gasteiger partial charge in [0, 0.05) is 36.6 Å². The summed E-state index contributed by atoms with van der Waals surface area (Å²) in [5.41, 5.74) is 3.40. The van der Waals surface area contributed by atoms with Crippen molar-refractivity contribution >= 4 is 60.7 Å². The third kappa shape index (κ3) is 6.28. The molecule has 0 bridgehead atoms. The van der Waals surface area contributed by atoms with E-state index in [1.807, 2.05) is 64.0 Å². The number of aromatic nitrogens is 1. The van der Waals surface area contributed by atoms with Gasteiger partial charge >= 0.3 is 0 Å². The topological polar surface area (TPSA) is 118 Å². The molecule has 12 heteroatoms. The summed E-state index contributed by atoms with van der Waals surface area (Å²) in [7, 11) is 3.98. The maximum Gasteiger partial charge on any atom is 0.256 e. The average molecular weight is 684 g/mol. The van der Waals surface area contributed by atoms with E-state index < -0.39 is 17.2 Å². The second-order valence-corrected chi connectivity index (χ2v) is 14.4. The summed E-state index contributed by atoms with van der Waals surface area (Å²) < 4.78 is 30.2. The zero-order valence-corrected chi connectivity index (χ0v) is 29.0. The zero-order valence-electron chi connectivity index (χ0n) is 29.0. The lowest BCUT2D eigenvalue weighted by Gasteiger charge is -2.23. The Kier molecular flexibility index (Phi) is 8.97. The normalized spacial score (nSPS) is 15.6. The van der Waals surface area contributed by atoms with Gasteiger partial charge in [-0.1, -0.05) is 24.3 Å². The molecule has 262 valence electrons. The van der Waals surface area contributed by atoms with Crippen LogP contribution in [-0.2, 0) is 9.57 Å². The molecular weight excluding hydrogens is 641 g/mol. The molecule has 0 radical (unpaired) electrons. The highest BCUT2D eigenvalue weighted by Crippen LogP contribution is 2.38. The summed E-state index contributed by atoms with van der Waals surface area (Å²) in [6, 6.07) is 12.0. The summed E-state index contributed by atoms with van der Waals surface area (Å²) in [5.74, 6) is -1.18. The summed E-state index contributed by atoms with van der Waals surface area (Å²) in [5, 5.41) is 5.47. The van der Waals surface area contributed by atoms with Crippen LogP contribution in [0.1, 0.15) is 50.4 Å². The number of hydrogen-bond donors (Lipinski definition) is 2. The number of nitrogens with one attached hydrogen (secondary N) is 2. The number of carbonyl (C=O) groups is 1. The minimum absolute atomic E-state index is 0.0284. The second-order valence-electron chi connectivity index (χ2n) is 14.4. The highest BCUT2D eigenvalue weighted by atomic mass is 19.1. The van der Waals surface area contributed by atoms with Gasteiger partial charge in [0.1, 0.15) is 16.8 Å². The fourth-order valence-corrected chi connectivity index (χ4v) is 6.85. The van der Waals surface area contributed by atoms with Crippen molar-refractivity contribution in [2.45, 2.75) is 51.7 Å². The molecule has 1 aliphatic rings. The molecule has 1 atom stereocenters. The van der Waals surface area contributed by atoms with Crippen LogP contribution in [0.2, 0.25) is 0 Å². The Bertz CT molecular complexity index is 2360. The molecule has 0 unspecified atom stereocenters.